The number of piperazine rings is 1. The van der Waals surface area contributed by atoms with E-state index in [2.05, 4.69) is 0 Å². The summed E-state index contributed by atoms with van der Waals surface area (Å²) >= 11 is 0. The van der Waals surface area contributed by atoms with Gasteiger partial charge in [-0.15, -0.1) is 0 Å². The summed E-state index contributed by atoms with van der Waals surface area (Å²) < 4.78 is 5.41. The molecule has 1 unspecified atom stereocenters. The third-order valence-electron chi connectivity index (χ3n) is 3.74. The summed E-state index contributed by atoms with van der Waals surface area (Å²) in [6, 6.07) is 0. The van der Waals surface area contributed by atoms with E-state index in [0.717, 1.165) is 19.3 Å². The average Bonchev–Trinajstić information content (AvgIpc) is 2.98. The predicted octanol–water partition coefficient (Wildman–Crippen LogP) is -0.425. The molecule has 2 N–H and O–H groups in total. The second-order valence-corrected chi connectivity index (χ2v) is 5.10. The fraction of sp³-hybridized carbons (Fsp3) is 0.846. The minimum Gasteiger partial charge on any atom is -0.368 e. The molecule has 0 spiro atoms. The van der Waals surface area contributed by atoms with Gasteiger partial charge in [0.15, 0.2) is 0 Å². The number of rotatable bonds is 4. The molecule has 0 aromatic rings. The lowest BCUT2D eigenvalue weighted by atomic mass is 10.2. The lowest BCUT2D eigenvalue weighted by molar-refractivity contribution is -0.146. The van der Waals surface area contributed by atoms with Crippen LogP contribution in [0, 0.1) is 0 Å². The summed E-state index contributed by atoms with van der Waals surface area (Å²) in [5, 5.41) is 0. The van der Waals surface area contributed by atoms with Crippen LogP contribution in [-0.2, 0) is 14.3 Å². The molecule has 6 heteroatoms. The molecule has 2 rings (SSSR count). The van der Waals surface area contributed by atoms with E-state index in [0.29, 0.717) is 45.8 Å². The van der Waals surface area contributed by atoms with Crippen LogP contribution in [0.5, 0.6) is 0 Å². The van der Waals surface area contributed by atoms with E-state index >= 15 is 0 Å². The van der Waals surface area contributed by atoms with E-state index in [1.54, 1.807) is 0 Å². The Morgan fingerprint density at radius 2 is 1.84 bits per heavy atom. The highest BCUT2D eigenvalue weighted by Crippen LogP contribution is 2.16. The molecule has 2 heterocycles. The minimum absolute atomic E-state index is 0.0894. The molecule has 0 radical (unpaired) electrons. The Morgan fingerprint density at radius 1 is 1.16 bits per heavy atom. The largest absolute Gasteiger partial charge is 0.368 e. The summed E-state index contributed by atoms with van der Waals surface area (Å²) in [6.45, 7) is 3.72. The van der Waals surface area contributed by atoms with Crippen molar-refractivity contribution in [3.05, 3.63) is 0 Å². The van der Waals surface area contributed by atoms with Crippen molar-refractivity contribution in [3.8, 4) is 0 Å². The van der Waals surface area contributed by atoms with E-state index in [4.69, 9.17) is 10.5 Å². The summed E-state index contributed by atoms with van der Waals surface area (Å²) in [6.07, 6.45) is 2.78. The van der Waals surface area contributed by atoms with Crippen molar-refractivity contribution >= 4 is 11.8 Å². The first-order valence-electron chi connectivity index (χ1n) is 7.10. The predicted molar refractivity (Wildman–Crippen MR) is 70.4 cm³/mol. The average molecular weight is 269 g/mol. The summed E-state index contributed by atoms with van der Waals surface area (Å²) in [7, 11) is 0. The Hall–Kier alpha value is -1.14. The van der Waals surface area contributed by atoms with E-state index in [-0.39, 0.29) is 17.9 Å². The van der Waals surface area contributed by atoms with Gasteiger partial charge in [-0.2, -0.15) is 0 Å². The highest BCUT2D eigenvalue weighted by molar-refractivity contribution is 5.82. The first kappa shape index (κ1) is 14.3. The van der Waals surface area contributed by atoms with E-state index < -0.39 is 0 Å². The molecule has 1 atom stereocenters. The monoisotopic (exact) mass is 269 g/mol. The van der Waals surface area contributed by atoms with Crippen molar-refractivity contribution in [1.82, 2.24) is 9.80 Å². The zero-order chi connectivity index (χ0) is 13.7. The van der Waals surface area contributed by atoms with E-state index in [1.165, 1.54) is 0 Å². The molecular weight excluding hydrogens is 246 g/mol. The van der Waals surface area contributed by atoms with Crippen LogP contribution in [-0.4, -0.2) is 67.0 Å². The van der Waals surface area contributed by atoms with Gasteiger partial charge in [0.2, 0.25) is 5.91 Å². The van der Waals surface area contributed by atoms with Crippen molar-refractivity contribution in [1.29, 1.82) is 0 Å². The Bertz CT molecular complexity index is 321. The number of carbonyl (C=O) groups is 2. The van der Waals surface area contributed by atoms with E-state index in [1.807, 2.05) is 9.80 Å². The fourth-order valence-electron chi connectivity index (χ4n) is 2.56. The highest BCUT2D eigenvalue weighted by Gasteiger charge is 2.31. The zero-order valence-corrected chi connectivity index (χ0v) is 11.3. The molecule has 2 amide bonds. The normalized spacial score (nSPS) is 23.7. The molecule has 2 saturated heterocycles. The smallest absolute Gasteiger partial charge is 0.251 e. The maximum Gasteiger partial charge on any atom is 0.251 e. The molecular formula is C13H23N3O3. The van der Waals surface area contributed by atoms with Gasteiger partial charge in [-0.3, -0.25) is 9.59 Å². The van der Waals surface area contributed by atoms with Crippen molar-refractivity contribution in [2.45, 2.75) is 31.8 Å². The van der Waals surface area contributed by atoms with Gasteiger partial charge in [0.1, 0.15) is 6.10 Å². The lowest BCUT2D eigenvalue weighted by Gasteiger charge is -2.35. The van der Waals surface area contributed by atoms with Crippen molar-refractivity contribution < 1.29 is 14.3 Å². The second kappa shape index (κ2) is 6.86. The third kappa shape index (κ3) is 3.67. The van der Waals surface area contributed by atoms with Gasteiger partial charge in [0, 0.05) is 39.2 Å². The van der Waals surface area contributed by atoms with Crippen LogP contribution in [0.1, 0.15) is 25.7 Å². The van der Waals surface area contributed by atoms with Crippen molar-refractivity contribution in [2.24, 2.45) is 5.73 Å². The lowest BCUT2D eigenvalue weighted by Crippen LogP contribution is -2.52. The Labute approximate surface area is 113 Å². The molecule has 0 aromatic carbocycles. The van der Waals surface area contributed by atoms with Crippen molar-refractivity contribution in [2.75, 3.05) is 39.3 Å². The van der Waals surface area contributed by atoms with Crippen LogP contribution in [0.2, 0.25) is 0 Å². The molecule has 2 aliphatic heterocycles. The first-order chi connectivity index (χ1) is 9.22. The van der Waals surface area contributed by atoms with Gasteiger partial charge in [-0.1, -0.05) is 0 Å². The number of ether oxygens (including phenoxy) is 1. The van der Waals surface area contributed by atoms with Crippen LogP contribution in [0.15, 0.2) is 0 Å². The SMILES string of the molecule is NCCCC(=O)N1CCN(C(=O)C2CCCO2)CC1. The molecule has 6 nitrogen and oxygen atoms in total. The van der Waals surface area contributed by atoms with Gasteiger partial charge in [-0.05, 0) is 25.8 Å². The Kier molecular flexibility index (Phi) is 5.15. The zero-order valence-electron chi connectivity index (χ0n) is 11.3. The van der Waals surface area contributed by atoms with Crippen LogP contribution in [0.25, 0.3) is 0 Å². The first-order valence-corrected chi connectivity index (χ1v) is 7.10. The summed E-state index contributed by atoms with van der Waals surface area (Å²) in [5.74, 6) is 0.237. The number of nitrogens with two attached hydrogens (primary N) is 1. The van der Waals surface area contributed by atoms with Crippen LogP contribution in [0.4, 0.5) is 0 Å². The van der Waals surface area contributed by atoms with Gasteiger partial charge >= 0.3 is 0 Å². The fourth-order valence-corrected chi connectivity index (χ4v) is 2.56. The van der Waals surface area contributed by atoms with Gasteiger partial charge in [0.05, 0.1) is 0 Å². The van der Waals surface area contributed by atoms with Crippen molar-refractivity contribution in [3.63, 3.8) is 0 Å². The molecule has 2 aliphatic rings. The number of carbonyl (C=O) groups excluding carboxylic acids is 2. The van der Waals surface area contributed by atoms with Crippen LogP contribution < -0.4 is 5.73 Å². The standard InChI is InChI=1S/C13H23N3O3/c14-5-1-4-12(17)15-6-8-16(9-7-15)13(18)11-3-2-10-19-11/h11H,1-10,14H2. The number of nitrogens with zero attached hydrogens (tertiary/aromatic N) is 2. The topological polar surface area (TPSA) is 75.9 Å². The molecule has 0 saturated carbocycles. The van der Waals surface area contributed by atoms with Gasteiger partial charge in [0.25, 0.3) is 5.91 Å². The maximum absolute atomic E-state index is 12.1. The molecule has 19 heavy (non-hydrogen) atoms. The summed E-state index contributed by atoms with van der Waals surface area (Å²) in [5.41, 5.74) is 5.40. The van der Waals surface area contributed by atoms with Gasteiger partial charge < -0.3 is 20.3 Å². The Morgan fingerprint density at radius 3 is 2.42 bits per heavy atom. The second-order valence-electron chi connectivity index (χ2n) is 5.10. The number of hydrogen-bond donors (Lipinski definition) is 1. The molecule has 0 bridgehead atoms. The van der Waals surface area contributed by atoms with Gasteiger partial charge in [-0.25, -0.2) is 0 Å². The third-order valence-corrected chi connectivity index (χ3v) is 3.74. The number of amides is 2. The maximum atomic E-state index is 12.1. The highest BCUT2D eigenvalue weighted by atomic mass is 16.5. The quantitative estimate of drug-likeness (QED) is 0.752. The number of hydrogen-bond acceptors (Lipinski definition) is 4. The molecule has 0 aliphatic carbocycles. The van der Waals surface area contributed by atoms with Crippen LogP contribution >= 0.6 is 0 Å². The Balaban J connectivity index is 1.75. The molecule has 108 valence electrons. The minimum atomic E-state index is -0.250. The summed E-state index contributed by atoms with van der Waals surface area (Å²) in [4.78, 5) is 27.6. The molecule has 0 aromatic heterocycles. The molecule has 2 fully saturated rings. The van der Waals surface area contributed by atoms with Crippen LogP contribution in [0.3, 0.4) is 0 Å². The van der Waals surface area contributed by atoms with E-state index in [9.17, 15) is 9.59 Å².